The Kier molecular flexibility index (Phi) is 5.99. The van der Waals surface area contributed by atoms with E-state index in [0.29, 0.717) is 29.2 Å². The Morgan fingerprint density at radius 3 is 2.54 bits per heavy atom. The lowest BCUT2D eigenvalue weighted by Gasteiger charge is -2.29. The summed E-state index contributed by atoms with van der Waals surface area (Å²) in [5.41, 5.74) is 2.40. The molecule has 2 heterocycles. The minimum absolute atomic E-state index is 0.238. The Balaban J connectivity index is 1.70. The van der Waals surface area contributed by atoms with Gasteiger partial charge in [-0.05, 0) is 50.3 Å². The molecule has 2 unspecified atom stereocenters. The Morgan fingerprint density at radius 2 is 1.89 bits per heavy atom. The van der Waals surface area contributed by atoms with Gasteiger partial charge in [-0.25, -0.2) is 0 Å². The van der Waals surface area contributed by atoms with Gasteiger partial charge in [0.05, 0.1) is 30.2 Å². The Morgan fingerprint density at radius 1 is 1.18 bits per heavy atom. The van der Waals surface area contributed by atoms with E-state index in [-0.39, 0.29) is 18.4 Å². The molecular formula is C20H22N2O5S. The molecule has 1 aliphatic rings. The topological polar surface area (TPSA) is 109 Å². The predicted molar refractivity (Wildman–Crippen MR) is 105 cm³/mol. The van der Waals surface area contributed by atoms with E-state index in [9.17, 15) is 19.5 Å². The van der Waals surface area contributed by atoms with Crippen molar-refractivity contribution >= 4 is 34.1 Å². The standard InChI is InChI=1S/C20H22N2O5S/c1-11-8-15(16(20(25)26)9-12(11)2)18(24)22-19-14(5-7-28-19)17(23)21-10-13-4-3-6-27-13/h3-7,15-16H,8-10H2,1-2H3,(H,21,23)(H,22,24)(H,25,26). The summed E-state index contributed by atoms with van der Waals surface area (Å²) < 4.78 is 5.19. The van der Waals surface area contributed by atoms with Crippen LogP contribution in [0.1, 0.15) is 42.8 Å². The summed E-state index contributed by atoms with van der Waals surface area (Å²) >= 11 is 1.23. The maximum atomic E-state index is 12.8. The number of aliphatic carboxylic acids is 1. The monoisotopic (exact) mass is 402 g/mol. The first-order valence-corrected chi connectivity index (χ1v) is 9.81. The average molecular weight is 402 g/mol. The van der Waals surface area contributed by atoms with Crippen LogP contribution in [0.3, 0.4) is 0 Å². The van der Waals surface area contributed by atoms with Gasteiger partial charge in [-0.3, -0.25) is 14.4 Å². The van der Waals surface area contributed by atoms with Gasteiger partial charge in [-0.15, -0.1) is 11.3 Å². The van der Waals surface area contributed by atoms with E-state index in [1.54, 1.807) is 23.6 Å². The number of rotatable bonds is 6. The zero-order chi connectivity index (χ0) is 20.3. The van der Waals surface area contributed by atoms with E-state index in [1.165, 1.54) is 17.6 Å². The molecule has 2 aromatic rings. The van der Waals surface area contributed by atoms with Crippen molar-refractivity contribution in [3.8, 4) is 0 Å². The van der Waals surface area contributed by atoms with Crippen molar-refractivity contribution in [3.63, 3.8) is 0 Å². The lowest BCUT2D eigenvalue weighted by molar-refractivity contribution is -0.146. The fourth-order valence-electron chi connectivity index (χ4n) is 3.29. The molecule has 3 N–H and O–H groups in total. The van der Waals surface area contributed by atoms with Crippen molar-refractivity contribution in [2.45, 2.75) is 33.2 Å². The number of hydrogen-bond donors (Lipinski definition) is 3. The van der Waals surface area contributed by atoms with Gasteiger partial charge in [0.2, 0.25) is 5.91 Å². The number of amides is 2. The van der Waals surface area contributed by atoms with E-state index in [2.05, 4.69) is 10.6 Å². The van der Waals surface area contributed by atoms with Crippen LogP contribution < -0.4 is 10.6 Å². The van der Waals surface area contributed by atoms with Crippen molar-refractivity contribution in [2.24, 2.45) is 11.8 Å². The van der Waals surface area contributed by atoms with Gasteiger partial charge >= 0.3 is 5.97 Å². The number of carbonyl (C=O) groups is 3. The maximum absolute atomic E-state index is 12.8. The minimum atomic E-state index is -0.977. The fraction of sp³-hybridized carbons (Fsp3) is 0.350. The van der Waals surface area contributed by atoms with E-state index in [1.807, 2.05) is 13.8 Å². The summed E-state index contributed by atoms with van der Waals surface area (Å²) in [5.74, 6) is -2.49. The summed E-state index contributed by atoms with van der Waals surface area (Å²) in [6.07, 6.45) is 2.29. The van der Waals surface area contributed by atoms with Crippen LogP contribution in [0.2, 0.25) is 0 Å². The first kappa shape index (κ1) is 19.9. The summed E-state index contributed by atoms with van der Waals surface area (Å²) in [6.45, 7) is 4.06. The molecule has 0 aliphatic heterocycles. The van der Waals surface area contributed by atoms with Gasteiger partial charge in [-0.1, -0.05) is 11.1 Å². The first-order valence-electron chi connectivity index (χ1n) is 8.93. The molecule has 2 atom stereocenters. The number of carboxylic acid groups (broad SMARTS) is 1. The molecule has 8 heteroatoms. The molecule has 148 valence electrons. The number of thiophene rings is 1. The molecule has 28 heavy (non-hydrogen) atoms. The van der Waals surface area contributed by atoms with Crippen LogP contribution in [-0.2, 0) is 16.1 Å². The average Bonchev–Trinajstić information content (AvgIpc) is 3.33. The van der Waals surface area contributed by atoms with E-state index < -0.39 is 17.8 Å². The molecule has 3 rings (SSSR count). The molecule has 7 nitrogen and oxygen atoms in total. The molecule has 0 fully saturated rings. The van der Waals surface area contributed by atoms with Crippen molar-refractivity contribution in [1.29, 1.82) is 0 Å². The second-order valence-corrected chi connectivity index (χ2v) is 7.85. The number of carboxylic acids is 1. The predicted octanol–water partition coefficient (Wildman–Crippen LogP) is 3.66. The Labute approximate surface area is 166 Å². The van der Waals surface area contributed by atoms with Gasteiger partial charge in [0, 0.05) is 0 Å². The molecule has 0 aromatic carbocycles. The highest BCUT2D eigenvalue weighted by Crippen LogP contribution is 2.35. The molecule has 0 spiro atoms. The van der Waals surface area contributed by atoms with Crippen LogP contribution in [0.4, 0.5) is 5.00 Å². The zero-order valence-corrected chi connectivity index (χ0v) is 16.5. The number of carbonyl (C=O) groups excluding carboxylic acids is 2. The normalized spacial score (nSPS) is 19.4. The molecule has 0 saturated carbocycles. The lowest BCUT2D eigenvalue weighted by Crippen LogP contribution is -2.36. The van der Waals surface area contributed by atoms with Gasteiger partial charge < -0.3 is 20.2 Å². The second kappa shape index (κ2) is 8.43. The van der Waals surface area contributed by atoms with Crippen LogP contribution in [-0.4, -0.2) is 22.9 Å². The second-order valence-electron chi connectivity index (χ2n) is 6.93. The van der Waals surface area contributed by atoms with Gasteiger partial charge in [-0.2, -0.15) is 0 Å². The third-order valence-electron chi connectivity index (χ3n) is 5.07. The highest BCUT2D eigenvalue weighted by atomic mass is 32.1. The molecule has 0 bridgehead atoms. The Hall–Kier alpha value is -2.87. The highest BCUT2D eigenvalue weighted by molar-refractivity contribution is 7.14. The van der Waals surface area contributed by atoms with Crippen LogP contribution in [0.15, 0.2) is 45.4 Å². The van der Waals surface area contributed by atoms with Crippen LogP contribution >= 0.6 is 11.3 Å². The Bertz CT molecular complexity index is 913. The quantitative estimate of drug-likeness (QED) is 0.639. The molecule has 0 saturated heterocycles. The molecule has 2 amide bonds. The molecular weight excluding hydrogens is 380 g/mol. The van der Waals surface area contributed by atoms with Crippen LogP contribution in [0.5, 0.6) is 0 Å². The van der Waals surface area contributed by atoms with Gasteiger partial charge in [0.1, 0.15) is 10.8 Å². The lowest BCUT2D eigenvalue weighted by atomic mass is 9.76. The number of anilines is 1. The molecule has 0 radical (unpaired) electrons. The first-order chi connectivity index (χ1) is 13.4. The zero-order valence-electron chi connectivity index (χ0n) is 15.7. The number of nitrogens with one attached hydrogen (secondary N) is 2. The minimum Gasteiger partial charge on any atom is -0.481 e. The van der Waals surface area contributed by atoms with E-state index >= 15 is 0 Å². The van der Waals surface area contributed by atoms with Crippen molar-refractivity contribution in [1.82, 2.24) is 5.32 Å². The molecule has 2 aromatic heterocycles. The van der Waals surface area contributed by atoms with E-state index in [4.69, 9.17) is 4.42 Å². The van der Waals surface area contributed by atoms with Crippen molar-refractivity contribution in [2.75, 3.05) is 5.32 Å². The van der Waals surface area contributed by atoms with Crippen molar-refractivity contribution in [3.05, 3.63) is 52.3 Å². The number of furan rings is 1. The summed E-state index contributed by atoms with van der Waals surface area (Å²) in [6, 6.07) is 5.12. The van der Waals surface area contributed by atoms with Gasteiger partial charge in [0.15, 0.2) is 0 Å². The highest BCUT2D eigenvalue weighted by Gasteiger charge is 2.37. The van der Waals surface area contributed by atoms with Crippen LogP contribution in [0, 0.1) is 11.8 Å². The smallest absolute Gasteiger partial charge is 0.307 e. The number of hydrogen-bond acceptors (Lipinski definition) is 5. The summed E-state index contributed by atoms with van der Waals surface area (Å²) in [5, 5.41) is 17.1. The summed E-state index contributed by atoms with van der Waals surface area (Å²) in [7, 11) is 0. The third-order valence-corrected chi connectivity index (χ3v) is 5.90. The fourth-order valence-corrected chi connectivity index (χ4v) is 4.08. The summed E-state index contributed by atoms with van der Waals surface area (Å²) in [4.78, 5) is 36.9. The SMILES string of the molecule is CC1=C(C)CC(C(=O)Nc2sccc2C(=O)NCc2ccco2)C(C(=O)O)C1. The van der Waals surface area contributed by atoms with Crippen molar-refractivity contribution < 1.29 is 23.9 Å². The third kappa shape index (κ3) is 4.33. The maximum Gasteiger partial charge on any atom is 0.307 e. The van der Waals surface area contributed by atoms with Crippen LogP contribution in [0.25, 0.3) is 0 Å². The molecule has 1 aliphatic carbocycles. The van der Waals surface area contributed by atoms with E-state index in [0.717, 1.165) is 11.1 Å². The largest absolute Gasteiger partial charge is 0.481 e. The van der Waals surface area contributed by atoms with Gasteiger partial charge in [0.25, 0.3) is 5.91 Å². The number of allylic oxidation sites excluding steroid dienone is 2.